The van der Waals surface area contributed by atoms with Crippen LogP contribution in [0.2, 0.25) is 0 Å². The molecule has 0 radical (unpaired) electrons. The Morgan fingerprint density at radius 2 is 1.85 bits per heavy atom. The van der Waals surface area contributed by atoms with Crippen LogP contribution in [0.1, 0.15) is 38.1 Å². The normalized spacial score (nSPS) is 21.4. The Balaban J connectivity index is 1.52. The van der Waals surface area contributed by atoms with Crippen LogP contribution in [-0.4, -0.2) is 85.0 Å². The summed E-state index contributed by atoms with van der Waals surface area (Å²) in [5, 5.41) is 7.63. The lowest BCUT2D eigenvalue weighted by Gasteiger charge is -2.37. The number of sulfonamides is 1. The molecule has 3 aromatic rings. The van der Waals surface area contributed by atoms with Crippen molar-refractivity contribution in [2.45, 2.75) is 43.6 Å². The number of rotatable bonds is 10. The maximum absolute atomic E-state index is 13.9. The summed E-state index contributed by atoms with van der Waals surface area (Å²) in [6.07, 6.45) is 3.06. The van der Waals surface area contributed by atoms with Gasteiger partial charge >= 0.3 is 0 Å². The highest BCUT2D eigenvalue weighted by Crippen LogP contribution is 2.39. The summed E-state index contributed by atoms with van der Waals surface area (Å²) >= 11 is 0. The molecule has 40 heavy (non-hydrogen) atoms. The number of anilines is 2. The molecule has 15 heteroatoms. The molecule has 0 saturated carbocycles. The molecule has 13 nitrogen and oxygen atoms in total. The second-order valence-electron chi connectivity index (χ2n) is 9.42. The van der Waals surface area contributed by atoms with Crippen molar-refractivity contribution in [2.24, 2.45) is 0 Å². The van der Waals surface area contributed by atoms with Gasteiger partial charge in [-0.3, -0.25) is 9.29 Å². The van der Waals surface area contributed by atoms with E-state index in [0.717, 1.165) is 18.8 Å². The lowest BCUT2D eigenvalue weighted by Crippen LogP contribution is -2.51. The molecule has 2 aliphatic heterocycles. The number of nitrogens with zero attached hydrogens (tertiary/aromatic N) is 6. The van der Waals surface area contributed by atoms with Crippen molar-refractivity contribution in [1.29, 1.82) is 0 Å². The zero-order valence-corrected chi connectivity index (χ0v) is 23.3. The molecule has 0 bridgehead atoms. The molecule has 1 aromatic carbocycles. The third-order valence-corrected chi connectivity index (χ3v) is 8.56. The van der Waals surface area contributed by atoms with Gasteiger partial charge in [0.15, 0.2) is 11.6 Å². The standard InChI is InChI=1S/C25H32FN7O6S/c1-4-38-17-11-18(15-32(14-17)24-27-12-16(26)13-28-24)40(34,35)31-25-30-29-23(21-9-6-10-39-21)33(25)22-19(36-2)7-5-8-20(22)37-3/h5,7-8,12-13,17-18,21H,4,6,9-11,14-15H2,1-3H3,(H,30,31)/t17-,18+,21-/m1/s1. The van der Waals surface area contributed by atoms with Crippen molar-refractivity contribution in [3.05, 3.63) is 42.2 Å². The Bertz CT molecular complexity index is 1390. The predicted octanol–water partition coefficient (Wildman–Crippen LogP) is 2.49. The molecular formula is C25H32FN7O6S. The molecule has 2 aliphatic rings. The van der Waals surface area contributed by atoms with Crippen LogP contribution in [0.4, 0.5) is 16.3 Å². The van der Waals surface area contributed by atoms with Crippen molar-refractivity contribution in [3.8, 4) is 17.2 Å². The second-order valence-corrected chi connectivity index (χ2v) is 11.4. The largest absolute Gasteiger partial charge is 0.494 e. The Morgan fingerprint density at radius 1 is 1.12 bits per heavy atom. The number of aromatic nitrogens is 5. The Kier molecular flexibility index (Phi) is 8.32. The van der Waals surface area contributed by atoms with Crippen LogP contribution < -0.4 is 19.1 Å². The summed E-state index contributed by atoms with van der Waals surface area (Å²) < 4.78 is 68.4. The fourth-order valence-corrected chi connectivity index (χ4v) is 6.45. The van der Waals surface area contributed by atoms with Crippen LogP contribution in [0.3, 0.4) is 0 Å². The van der Waals surface area contributed by atoms with E-state index < -0.39 is 27.2 Å². The van der Waals surface area contributed by atoms with E-state index in [1.165, 1.54) is 14.2 Å². The average Bonchev–Trinajstić information content (AvgIpc) is 3.63. The topological polar surface area (TPSA) is 143 Å². The minimum Gasteiger partial charge on any atom is -0.494 e. The number of benzene rings is 1. The Labute approximate surface area is 231 Å². The molecular weight excluding hydrogens is 545 g/mol. The monoisotopic (exact) mass is 577 g/mol. The first-order valence-corrected chi connectivity index (χ1v) is 14.5. The van der Waals surface area contributed by atoms with Crippen LogP contribution in [0.25, 0.3) is 5.69 Å². The van der Waals surface area contributed by atoms with E-state index in [9.17, 15) is 12.8 Å². The van der Waals surface area contributed by atoms with Gasteiger partial charge in [-0.25, -0.2) is 22.8 Å². The zero-order valence-electron chi connectivity index (χ0n) is 22.5. The molecule has 0 amide bonds. The van der Waals surface area contributed by atoms with Gasteiger partial charge in [0, 0.05) is 26.3 Å². The quantitative estimate of drug-likeness (QED) is 0.380. The molecule has 0 spiro atoms. The summed E-state index contributed by atoms with van der Waals surface area (Å²) in [5.41, 5.74) is 0.442. The van der Waals surface area contributed by atoms with Crippen LogP contribution in [0, 0.1) is 5.82 Å². The molecule has 2 saturated heterocycles. The molecule has 0 unspecified atom stereocenters. The molecule has 1 N–H and O–H groups in total. The Morgan fingerprint density at radius 3 is 2.48 bits per heavy atom. The number of hydrogen-bond donors (Lipinski definition) is 1. The fraction of sp³-hybridized carbons (Fsp3) is 0.520. The van der Waals surface area contributed by atoms with Gasteiger partial charge in [-0.1, -0.05) is 6.07 Å². The summed E-state index contributed by atoms with van der Waals surface area (Å²) in [4.78, 5) is 9.75. The highest BCUT2D eigenvalue weighted by molar-refractivity contribution is 7.93. The number of methoxy groups -OCH3 is 2. The van der Waals surface area contributed by atoms with E-state index in [2.05, 4.69) is 24.9 Å². The maximum atomic E-state index is 13.9. The molecule has 2 aromatic heterocycles. The van der Waals surface area contributed by atoms with Crippen LogP contribution in [0.5, 0.6) is 11.5 Å². The van der Waals surface area contributed by atoms with E-state index in [1.807, 2.05) is 6.92 Å². The Hall–Kier alpha value is -3.56. The van der Waals surface area contributed by atoms with Gasteiger partial charge in [0.2, 0.25) is 21.9 Å². The van der Waals surface area contributed by atoms with Gasteiger partial charge in [-0.15, -0.1) is 10.2 Å². The third kappa shape index (κ3) is 5.67. The smallest absolute Gasteiger partial charge is 0.243 e. The van der Waals surface area contributed by atoms with Gasteiger partial charge in [-0.05, 0) is 38.3 Å². The van der Waals surface area contributed by atoms with Crippen molar-refractivity contribution >= 4 is 21.9 Å². The maximum Gasteiger partial charge on any atom is 0.243 e. The van der Waals surface area contributed by atoms with Crippen molar-refractivity contribution in [1.82, 2.24) is 24.7 Å². The summed E-state index contributed by atoms with van der Waals surface area (Å²) in [5.74, 6) is 0.904. The average molecular weight is 578 g/mol. The minimum atomic E-state index is -4.06. The van der Waals surface area contributed by atoms with Gasteiger partial charge in [-0.2, -0.15) is 0 Å². The first kappa shape index (κ1) is 28.0. The number of ether oxygens (including phenoxy) is 4. The SMILES string of the molecule is CCO[C@@H]1C[C@H](S(=O)(=O)Nc2nnc([C@H]3CCCO3)n2-c2c(OC)cccc2OC)CN(c2ncc(F)cn2)C1. The first-order valence-electron chi connectivity index (χ1n) is 13.0. The number of nitrogens with one attached hydrogen (secondary N) is 1. The third-order valence-electron chi connectivity index (χ3n) is 6.87. The molecule has 2 fully saturated rings. The van der Waals surface area contributed by atoms with Gasteiger partial charge in [0.25, 0.3) is 0 Å². The molecule has 3 atom stereocenters. The van der Waals surface area contributed by atoms with Crippen LogP contribution in [0.15, 0.2) is 30.6 Å². The summed E-state index contributed by atoms with van der Waals surface area (Å²) in [7, 11) is -1.04. The van der Waals surface area contributed by atoms with E-state index in [0.29, 0.717) is 49.2 Å². The second kappa shape index (κ2) is 11.9. The highest BCUT2D eigenvalue weighted by Gasteiger charge is 2.39. The minimum absolute atomic E-state index is 0.0311. The lowest BCUT2D eigenvalue weighted by molar-refractivity contribution is 0.0531. The molecule has 216 valence electrons. The van der Waals surface area contributed by atoms with Crippen molar-refractivity contribution < 1.29 is 31.8 Å². The highest BCUT2D eigenvalue weighted by atomic mass is 32.2. The summed E-state index contributed by atoms with van der Waals surface area (Å²) in [6, 6.07) is 5.25. The number of hydrogen-bond acceptors (Lipinski definition) is 11. The number of para-hydroxylation sites is 1. The molecule has 0 aliphatic carbocycles. The number of piperidine rings is 1. The van der Waals surface area contributed by atoms with Crippen LogP contribution >= 0.6 is 0 Å². The van der Waals surface area contributed by atoms with Crippen LogP contribution in [-0.2, 0) is 19.5 Å². The van der Waals surface area contributed by atoms with Crippen molar-refractivity contribution in [2.75, 3.05) is 50.1 Å². The van der Waals surface area contributed by atoms with Gasteiger partial charge in [0.1, 0.15) is 28.5 Å². The van der Waals surface area contributed by atoms with E-state index in [1.54, 1.807) is 27.7 Å². The summed E-state index contributed by atoms with van der Waals surface area (Å²) in [6.45, 7) is 3.23. The fourth-order valence-electron chi connectivity index (χ4n) is 5.06. The van der Waals surface area contributed by atoms with Gasteiger partial charge < -0.3 is 23.8 Å². The molecule has 4 heterocycles. The van der Waals surface area contributed by atoms with Crippen molar-refractivity contribution in [3.63, 3.8) is 0 Å². The van der Waals surface area contributed by atoms with Gasteiger partial charge in [0.05, 0.1) is 32.7 Å². The molecule has 5 rings (SSSR count). The van der Waals surface area contributed by atoms with E-state index >= 15 is 0 Å². The zero-order chi connectivity index (χ0) is 28.3. The predicted molar refractivity (Wildman–Crippen MR) is 143 cm³/mol. The lowest BCUT2D eigenvalue weighted by atomic mass is 10.1. The van der Waals surface area contributed by atoms with E-state index in [-0.39, 0.29) is 31.0 Å². The first-order chi connectivity index (χ1) is 19.3. The van der Waals surface area contributed by atoms with E-state index in [4.69, 9.17) is 18.9 Å². The number of halogens is 1.